The summed E-state index contributed by atoms with van der Waals surface area (Å²) in [6.07, 6.45) is 4.23. The third-order valence-corrected chi connectivity index (χ3v) is 3.48. The number of isocyanates is 1. The van der Waals surface area contributed by atoms with Gasteiger partial charge in [-0.05, 0) is 31.2 Å². The lowest BCUT2D eigenvalue weighted by atomic mass is 10.0. The minimum absolute atomic E-state index is 0.158. The van der Waals surface area contributed by atoms with Crippen LogP contribution < -0.4 is 0 Å². The van der Waals surface area contributed by atoms with Crippen LogP contribution in [0, 0.1) is 11.6 Å². The summed E-state index contributed by atoms with van der Waals surface area (Å²) in [5.41, 5.74) is -0.699. The van der Waals surface area contributed by atoms with E-state index in [1.54, 1.807) is 6.26 Å². The Labute approximate surface area is 95.8 Å². The quantitative estimate of drug-likeness (QED) is 0.462. The summed E-state index contributed by atoms with van der Waals surface area (Å²) in [5, 5.41) is 0. The van der Waals surface area contributed by atoms with Gasteiger partial charge in [-0.3, -0.25) is 0 Å². The number of benzene rings is 1. The normalized spacial score (nSPS) is 16.7. The Hall–Kier alpha value is -1.19. The number of aliphatic imine (C=N–C) groups is 1. The van der Waals surface area contributed by atoms with Gasteiger partial charge in [0.05, 0.1) is 0 Å². The van der Waals surface area contributed by atoms with Gasteiger partial charge in [-0.25, -0.2) is 13.6 Å². The lowest BCUT2D eigenvalue weighted by molar-refractivity contribution is 0.534. The molecule has 0 N–H and O–H groups in total. The van der Waals surface area contributed by atoms with Gasteiger partial charge in [-0.15, -0.1) is 11.8 Å². The van der Waals surface area contributed by atoms with Crippen molar-refractivity contribution in [2.24, 2.45) is 4.99 Å². The predicted molar refractivity (Wildman–Crippen MR) is 57.2 cm³/mol. The summed E-state index contributed by atoms with van der Waals surface area (Å²) in [6, 6.07) is 2.28. The minimum atomic E-state index is -0.858. The van der Waals surface area contributed by atoms with Crippen LogP contribution in [0.1, 0.15) is 18.4 Å². The van der Waals surface area contributed by atoms with E-state index in [-0.39, 0.29) is 10.5 Å². The Morgan fingerprint density at radius 2 is 2.06 bits per heavy atom. The highest BCUT2D eigenvalue weighted by Gasteiger charge is 2.47. The summed E-state index contributed by atoms with van der Waals surface area (Å²) >= 11 is 1.14. The number of carbonyl (C=O) groups excluding carboxylic acids is 1. The Kier molecular flexibility index (Phi) is 2.82. The van der Waals surface area contributed by atoms with Crippen LogP contribution in [0.4, 0.5) is 8.78 Å². The smallest absolute Gasteiger partial charge is 0.211 e. The lowest BCUT2D eigenvalue weighted by Crippen LogP contribution is -2.06. The fraction of sp³-hybridized carbons (Fsp3) is 0.364. The molecule has 2 rings (SSSR count). The molecule has 16 heavy (non-hydrogen) atoms. The fourth-order valence-corrected chi connectivity index (χ4v) is 2.16. The Balaban J connectivity index is 2.50. The molecule has 0 radical (unpaired) electrons. The van der Waals surface area contributed by atoms with Gasteiger partial charge < -0.3 is 0 Å². The first-order valence-electron chi connectivity index (χ1n) is 4.75. The third kappa shape index (κ3) is 1.77. The molecule has 0 atom stereocenters. The van der Waals surface area contributed by atoms with Gasteiger partial charge >= 0.3 is 0 Å². The Bertz CT molecular complexity index is 479. The van der Waals surface area contributed by atoms with E-state index >= 15 is 0 Å². The van der Waals surface area contributed by atoms with Gasteiger partial charge in [0.15, 0.2) is 0 Å². The largest absolute Gasteiger partial charge is 0.235 e. The van der Waals surface area contributed by atoms with Gasteiger partial charge in [-0.1, -0.05) is 0 Å². The van der Waals surface area contributed by atoms with E-state index in [9.17, 15) is 13.6 Å². The zero-order valence-electron chi connectivity index (χ0n) is 8.59. The molecule has 0 spiro atoms. The molecule has 2 nitrogen and oxygen atoms in total. The van der Waals surface area contributed by atoms with Crippen molar-refractivity contribution in [3.8, 4) is 0 Å². The van der Waals surface area contributed by atoms with Crippen LogP contribution in [-0.4, -0.2) is 12.3 Å². The van der Waals surface area contributed by atoms with Gasteiger partial charge in [0.2, 0.25) is 6.08 Å². The van der Waals surface area contributed by atoms with Crippen molar-refractivity contribution < 1.29 is 13.6 Å². The number of halogens is 2. The summed E-state index contributed by atoms with van der Waals surface area (Å²) in [5.74, 6) is -0.987. The van der Waals surface area contributed by atoms with Crippen molar-refractivity contribution >= 4 is 17.8 Å². The molecule has 0 bridgehead atoms. The monoisotopic (exact) mass is 241 g/mol. The standard InChI is InChI=1S/C11H9F2NOS/c1-16-10-5-8(12)7(4-9(10)13)11(2-3-11)14-6-15/h4-5H,2-3H2,1H3. The van der Waals surface area contributed by atoms with Crippen molar-refractivity contribution in [3.05, 3.63) is 29.3 Å². The Morgan fingerprint density at radius 3 is 2.56 bits per heavy atom. The van der Waals surface area contributed by atoms with Gasteiger partial charge in [0, 0.05) is 10.5 Å². The minimum Gasteiger partial charge on any atom is -0.211 e. The van der Waals surface area contributed by atoms with Crippen molar-refractivity contribution in [2.75, 3.05) is 6.26 Å². The second kappa shape index (κ2) is 4.00. The number of thioether (sulfide) groups is 1. The summed E-state index contributed by atoms with van der Waals surface area (Å²) in [6.45, 7) is 0. The number of rotatable bonds is 3. The van der Waals surface area contributed by atoms with E-state index in [1.807, 2.05) is 0 Å². The maximum atomic E-state index is 13.7. The van der Waals surface area contributed by atoms with Crippen molar-refractivity contribution in [1.29, 1.82) is 0 Å². The zero-order chi connectivity index (χ0) is 11.8. The van der Waals surface area contributed by atoms with E-state index < -0.39 is 17.2 Å². The number of hydrogen-bond acceptors (Lipinski definition) is 3. The third-order valence-electron chi connectivity index (χ3n) is 2.73. The molecule has 0 amide bonds. The molecular formula is C11H9F2NOS. The van der Waals surface area contributed by atoms with Crippen LogP contribution in [0.5, 0.6) is 0 Å². The highest BCUT2D eigenvalue weighted by Crippen LogP contribution is 2.50. The molecule has 0 aromatic heterocycles. The molecule has 1 aromatic carbocycles. The molecule has 0 aliphatic heterocycles. The molecule has 1 aliphatic rings. The average Bonchev–Trinajstić information content (AvgIpc) is 3.02. The van der Waals surface area contributed by atoms with Crippen LogP contribution in [-0.2, 0) is 10.3 Å². The zero-order valence-corrected chi connectivity index (χ0v) is 9.41. The second-order valence-corrected chi connectivity index (χ2v) is 4.55. The average molecular weight is 241 g/mol. The highest BCUT2D eigenvalue weighted by molar-refractivity contribution is 7.98. The van der Waals surface area contributed by atoms with Gasteiger partial charge in [0.1, 0.15) is 17.2 Å². The SMILES string of the molecule is CSc1cc(F)c(C2(N=C=O)CC2)cc1F. The molecule has 0 heterocycles. The van der Waals surface area contributed by atoms with Crippen molar-refractivity contribution in [3.63, 3.8) is 0 Å². The first-order valence-corrected chi connectivity index (χ1v) is 5.98. The summed E-state index contributed by atoms with van der Waals surface area (Å²) in [4.78, 5) is 14.1. The van der Waals surface area contributed by atoms with E-state index in [2.05, 4.69) is 4.99 Å². The molecule has 1 aromatic rings. The molecule has 5 heteroatoms. The maximum Gasteiger partial charge on any atom is 0.235 e. The molecule has 1 saturated carbocycles. The van der Waals surface area contributed by atoms with Crippen LogP contribution in [0.3, 0.4) is 0 Å². The molecule has 1 fully saturated rings. The molecular weight excluding hydrogens is 232 g/mol. The number of hydrogen-bond donors (Lipinski definition) is 0. The molecule has 0 saturated heterocycles. The van der Waals surface area contributed by atoms with E-state index in [0.29, 0.717) is 12.8 Å². The molecule has 1 aliphatic carbocycles. The first-order chi connectivity index (χ1) is 7.63. The fourth-order valence-electron chi connectivity index (χ4n) is 1.69. The van der Waals surface area contributed by atoms with Crippen LogP contribution >= 0.6 is 11.8 Å². The van der Waals surface area contributed by atoms with Gasteiger partial charge in [-0.2, -0.15) is 4.99 Å². The molecule has 84 valence electrons. The number of nitrogens with zero attached hydrogens (tertiary/aromatic N) is 1. The van der Waals surface area contributed by atoms with Crippen molar-refractivity contribution in [1.82, 2.24) is 0 Å². The topological polar surface area (TPSA) is 29.4 Å². The highest BCUT2D eigenvalue weighted by atomic mass is 32.2. The maximum absolute atomic E-state index is 13.7. The van der Waals surface area contributed by atoms with Crippen LogP contribution in [0.25, 0.3) is 0 Å². The summed E-state index contributed by atoms with van der Waals surface area (Å²) < 4.78 is 27.2. The molecule has 0 unspecified atom stereocenters. The van der Waals surface area contributed by atoms with E-state index in [1.165, 1.54) is 6.08 Å². The second-order valence-electron chi connectivity index (χ2n) is 3.70. The first kappa shape index (κ1) is 11.3. The van der Waals surface area contributed by atoms with Crippen LogP contribution in [0.2, 0.25) is 0 Å². The summed E-state index contributed by atoms with van der Waals surface area (Å²) in [7, 11) is 0. The lowest BCUT2D eigenvalue weighted by Gasteiger charge is -2.11. The van der Waals surface area contributed by atoms with E-state index in [0.717, 1.165) is 23.9 Å². The Morgan fingerprint density at radius 1 is 1.38 bits per heavy atom. The predicted octanol–water partition coefficient (Wildman–Crippen LogP) is 3.01. The van der Waals surface area contributed by atoms with Crippen LogP contribution in [0.15, 0.2) is 22.0 Å². The van der Waals surface area contributed by atoms with E-state index in [4.69, 9.17) is 0 Å². The van der Waals surface area contributed by atoms with Gasteiger partial charge in [0.25, 0.3) is 0 Å². The van der Waals surface area contributed by atoms with Crippen molar-refractivity contribution in [2.45, 2.75) is 23.3 Å².